The van der Waals surface area contributed by atoms with Gasteiger partial charge in [0.2, 0.25) is 0 Å². The third-order valence-corrected chi connectivity index (χ3v) is 5.64. The number of ether oxygens (including phenoxy) is 2. The van der Waals surface area contributed by atoms with Crippen LogP contribution in [0.1, 0.15) is 26.9 Å². The summed E-state index contributed by atoms with van der Waals surface area (Å²) < 4.78 is 12.7. The predicted molar refractivity (Wildman–Crippen MR) is 122 cm³/mol. The van der Waals surface area contributed by atoms with Crippen molar-refractivity contribution in [3.8, 4) is 0 Å². The van der Waals surface area contributed by atoms with Crippen LogP contribution in [-0.4, -0.2) is 66.5 Å². The van der Waals surface area contributed by atoms with Crippen LogP contribution in [0.3, 0.4) is 0 Å². The lowest BCUT2D eigenvalue weighted by atomic mass is 10.1. The van der Waals surface area contributed by atoms with E-state index in [-0.39, 0.29) is 22.9 Å². The summed E-state index contributed by atoms with van der Waals surface area (Å²) in [5.74, 6) is -0.840. The Morgan fingerprint density at radius 1 is 1.00 bits per heavy atom. The van der Waals surface area contributed by atoms with Crippen LogP contribution in [0.5, 0.6) is 0 Å². The zero-order valence-electron chi connectivity index (χ0n) is 18.3. The Bertz CT molecular complexity index is 1350. The summed E-state index contributed by atoms with van der Waals surface area (Å²) in [5.41, 5.74) is 1.30. The first-order valence-corrected chi connectivity index (χ1v) is 10.8. The maximum atomic E-state index is 12.6. The molecule has 4 unspecified atom stereocenters. The molecule has 178 valence electrons. The number of aliphatic hydroxyl groups is 2. The van der Waals surface area contributed by atoms with Crippen molar-refractivity contribution in [1.82, 2.24) is 19.5 Å². The van der Waals surface area contributed by atoms with Crippen molar-refractivity contribution in [1.29, 1.82) is 0 Å². The molecule has 1 saturated heterocycles. The fourth-order valence-corrected chi connectivity index (χ4v) is 3.91. The summed E-state index contributed by atoms with van der Waals surface area (Å²) in [7, 11) is 0. The van der Waals surface area contributed by atoms with Gasteiger partial charge in [-0.15, -0.1) is 0 Å². The van der Waals surface area contributed by atoms with Crippen LogP contribution in [0.2, 0.25) is 0 Å². The molecule has 11 heteroatoms. The third-order valence-electron chi connectivity index (χ3n) is 5.64. The standard InChI is InChI=1S/C24H21N5O6/c30-11-16-19(35-24(33)15-9-5-2-6-10-15)18(31)23(34-16)29-13-27-17-20(25-12-26-21(17)29)28-22(32)14-7-3-1-4-8-14/h1-10,12-13,16,18-19,23,30-31H,11H2,(H,25,26,28,32). The summed E-state index contributed by atoms with van der Waals surface area (Å²) in [6, 6.07) is 16.9. The zero-order chi connectivity index (χ0) is 24.4. The van der Waals surface area contributed by atoms with E-state index < -0.39 is 37.1 Å². The average molecular weight is 475 g/mol. The number of nitrogens with one attached hydrogen (secondary N) is 1. The molecule has 3 N–H and O–H groups in total. The molecule has 1 amide bonds. The lowest BCUT2D eigenvalue weighted by Crippen LogP contribution is -2.37. The van der Waals surface area contributed by atoms with Crippen molar-refractivity contribution in [2.24, 2.45) is 0 Å². The molecule has 1 aliphatic rings. The van der Waals surface area contributed by atoms with E-state index in [1.165, 1.54) is 17.2 Å². The van der Waals surface area contributed by atoms with Gasteiger partial charge >= 0.3 is 5.97 Å². The van der Waals surface area contributed by atoms with Crippen LogP contribution in [0.4, 0.5) is 5.82 Å². The summed E-state index contributed by atoms with van der Waals surface area (Å²) in [6.45, 7) is -0.486. The van der Waals surface area contributed by atoms with Crippen molar-refractivity contribution < 1.29 is 29.3 Å². The molecule has 1 aliphatic heterocycles. The maximum Gasteiger partial charge on any atom is 0.338 e. The van der Waals surface area contributed by atoms with Crippen LogP contribution in [0.15, 0.2) is 73.3 Å². The Morgan fingerprint density at radius 2 is 1.69 bits per heavy atom. The average Bonchev–Trinajstić information content (AvgIpc) is 3.46. The minimum Gasteiger partial charge on any atom is -0.453 e. The van der Waals surface area contributed by atoms with E-state index in [2.05, 4.69) is 20.3 Å². The van der Waals surface area contributed by atoms with Crippen molar-refractivity contribution in [2.45, 2.75) is 24.5 Å². The van der Waals surface area contributed by atoms with E-state index in [4.69, 9.17) is 9.47 Å². The number of imidazole rings is 1. The molecule has 0 spiro atoms. The first kappa shape index (κ1) is 22.6. The van der Waals surface area contributed by atoms with Gasteiger partial charge in [-0.3, -0.25) is 9.36 Å². The lowest BCUT2D eigenvalue weighted by Gasteiger charge is -2.20. The molecule has 4 atom stereocenters. The fourth-order valence-electron chi connectivity index (χ4n) is 3.91. The van der Waals surface area contributed by atoms with Gasteiger partial charge in [0, 0.05) is 5.56 Å². The molecule has 0 radical (unpaired) electrons. The predicted octanol–water partition coefficient (Wildman–Crippen LogP) is 1.55. The number of esters is 1. The van der Waals surface area contributed by atoms with E-state index in [9.17, 15) is 19.8 Å². The molecule has 3 heterocycles. The number of hydrogen-bond acceptors (Lipinski definition) is 9. The normalized spacial score (nSPS) is 21.7. The molecule has 5 rings (SSSR count). The van der Waals surface area contributed by atoms with Crippen molar-refractivity contribution in [3.05, 3.63) is 84.4 Å². The molecular weight excluding hydrogens is 454 g/mol. The van der Waals surface area contributed by atoms with Gasteiger partial charge < -0.3 is 25.0 Å². The molecule has 1 fully saturated rings. The highest BCUT2D eigenvalue weighted by Gasteiger charge is 2.47. The molecule has 0 saturated carbocycles. The molecule has 11 nitrogen and oxygen atoms in total. The molecule has 0 bridgehead atoms. The number of aromatic nitrogens is 4. The number of carbonyl (C=O) groups excluding carboxylic acids is 2. The maximum absolute atomic E-state index is 12.6. The summed E-state index contributed by atoms with van der Waals surface area (Å²) in [4.78, 5) is 37.7. The number of anilines is 1. The van der Waals surface area contributed by atoms with Gasteiger partial charge in [0.05, 0.1) is 18.5 Å². The zero-order valence-corrected chi connectivity index (χ0v) is 18.3. The topological polar surface area (TPSA) is 149 Å². The quantitative estimate of drug-likeness (QED) is 0.353. The Balaban J connectivity index is 1.39. The molecule has 35 heavy (non-hydrogen) atoms. The molecule has 2 aromatic heterocycles. The highest BCUT2D eigenvalue weighted by Crippen LogP contribution is 2.34. The monoisotopic (exact) mass is 475 g/mol. The van der Waals surface area contributed by atoms with E-state index in [1.807, 2.05) is 0 Å². The fraction of sp³-hybridized carbons (Fsp3) is 0.208. The van der Waals surface area contributed by atoms with Gasteiger partial charge in [0.1, 0.15) is 18.5 Å². The Hall–Kier alpha value is -4.19. The number of aliphatic hydroxyl groups excluding tert-OH is 2. The van der Waals surface area contributed by atoms with Crippen molar-refractivity contribution in [3.63, 3.8) is 0 Å². The molecular formula is C24H21N5O6. The lowest BCUT2D eigenvalue weighted by molar-refractivity contribution is -0.0529. The minimum absolute atomic E-state index is 0.181. The number of fused-ring (bicyclic) bond motifs is 1. The van der Waals surface area contributed by atoms with E-state index >= 15 is 0 Å². The number of amides is 1. The summed E-state index contributed by atoms with van der Waals surface area (Å²) in [5, 5.41) is 23.5. The van der Waals surface area contributed by atoms with Crippen LogP contribution >= 0.6 is 0 Å². The van der Waals surface area contributed by atoms with E-state index in [0.717, 1.165) is 0 Å². The number of rotatable bonds is 6. The van der Waals surface area contributed by atoms with Crippen molar-refractivity contribution >= 4 is 28.9 Å². The highest BCUT2D eigenvalue weighted by molar-refractivity contribution is 6.06. The second-order valence-corrected chi connectivity index (χ2v) is 7.84. The molecule has 4 aromatic rings. The van der Waals surface area contributed by atoms with Gasteiger partial charge in [0.25, 0.3) is 5.91 Å². The minimum atomic E-state index is -1.32. The summed E-state index contributed by atoms with van der Waals surface area (Å²) >= 11 is 0. The highest BCUT2D eigenvalue weighted by atomic mass is 16.6. The first-order chi connectivity index (χ1) is 17.1. The van der Waals surface area contributed by atoms with Gasteiger partial charge in [-0.25, -0.2) is 19.7 Å². The number of hydrogen-bond donors (Lipinski definition) is 3. The second-order valence-electron chi connectivity index (χ2n) is 7.84. The second kappa shape index (κ2) is 9.58. The van der Waals surface area contributed by atoms with Crippen LogP contribution in [0, 0.1) is 0 Å². The Labute approximate surface area is 199 Å². The number of nitrogens with zero attached hydrogens (tertiary/aromatic N) is 4. The number of benzene rings is 2. The smallest absolute Gasteiger partial charge is 0.338 e. The molecule has 2 aromatic carbocycles. The van der Waals surface area contributed by atoms with Gasteiger partial charge in [-0.1, -0.05) is 36.4 Å². The van der Waals surface area contributed by atoms with E-state index in [1.54, 1.807) is 60.7 Å². The SMILES string of the molecule is O=C(Nc1ncnc2c1ncn2C1OC(CO)C(OC(=O)c2ccccc2)C1O)c1ccccc1. The Kier molecular flexibility index (Phi) is 6.19. The van der Waals surface area contributed by atoms with Crippen LogP contribution in [0.25, 0.3) is 11.2 Å². The third kappa shape index (κ3) is 4.35. The molecule has 0 aliphatic carbocycles. The van der Waals surface area contributed by atoms with Gasteiger partial charge in [-0.05, 0) is 24.3 Å². The van der Waals surface area contributed by atoms with Crippen molar-refractivity contribution in [2.75, 3.05) is 11.9 Å². The van der Waals surface area contributed by atoms with Crippen LogP contribution < -0.4 is 5.32 Å². The number of carbonyl (C=O) groups is 2. The van der Waals surface area contributed by atoms with Gasteiger partial charge in [0.15, 0.2) is 29.3 Å². The van der Waals surface area contributed by atoms with E-state index in [0.29, 0.717) is 11.1 Å². The largest absolute Gasteiger partial charge is 0.453 e. The summed E-state index contributed by atoms with van der Waals surface area (Å²) in [6.07, 6.45) is -1.86. The van der Waals surface area contributed by atoms with Gasteiger partial charge in [-0.2, -0.15) is 0 Å². The Morgan fingerprint density at radius 3 is 2.37 bits per heavy atom. The van der Waals surface area contributed by atoms with Crippen LogP contribution in [-0.2, 0) is 9.47 Å². The first-order valence-electron chi connectivity index (χ1n) is 10.8.